The number of rotatable bonds is 2. The van der Waals surface area contributed by atoms with Crippen LogP contribution in [0.25, 0.3) is 0 Å². The number of carboxylic acid groups (broad SMARTS) is 1. The molecule has 1 aromatic rings. The van der Waals surface area contributed by atoms with Crippen LogP contribution in [0.1, 0.15) is 22.3 Å². The summed E-state index contributed by atoms with van der Waals surface area (Å²) in [4.78, 5) is 11.1. The molecule has 0 radical (unpaired) electrons. The third kappa shape index (κ3) is 2.12. The molecule has 0 aromatic heterocycles. The second kappa shape index (κ2) is 4.03. The number of aryl methyl sites for hydroxylation is 1. The maximum absolute atomic E-state index is 11.8. The lowest BCUT2D eigenvalue weighted by molar-refractivity contribution is 0.0697. The maximum atomic E-state index is 11.8. The molecule has 0 unspecified atom stereocenters. The lowest BCUT2D eigenvalue weighted by Crippen LogP contribution is -2.27. The number of carboxylic acids is 1. The zero-order valence-corrected chi connectivity index (χ0v) is 10.2. The molecule has 1 heterocycles. The number of anilines is 1. The summed E-state index contributed by atoms with van der Waals surface area (Å²) in [6.07, 6.45) is 0.537. The molecule has 0 bridgehead atoms. The number of aromatic carboxylic acids is 1. The molecule has 1 aliphatic heterocycles. The van der Waals surface area contributed by atoms with Gasteiger partial charge in [-0.25, -0.2) is 13.2 Å². The van der Waals surface area contributed by atoms with Crippen molar-refractivity contribution in [1.29, 1.82) is 0 Å². The fourth-order valence-corrected chi connectivity index (χ4v) is 3.53. The van der Waals surface area contributed by atoms with E-state index in [1.807, 2.05) is 0 Å². The van der Waals surface area contributed by atoms with Gasteiger partial charge in [-0.3, -0.25) is 4.31 Å². The fraction of sp³-hybridized carbons (Fsp3) is 0.364. The number of nitrogens with zero attached hydrogens (tertiary/aromatic N) is 1. The van der Waals surface area contributed by atoms with E-state index < -0.39 is 16.0 Å². The Morgan fingerprint density at radius 1 is 1.41 bits per heavy atom. The second-order valence-corrected chi connectivity index (χ2v) is 6.08. The van der Waals surface area contributed by atoms with Crippen LogP contribution in [0.15, 0.2) is 18.2 Å². The fourth-order valence-electron chi connectivity index (χ4n) is 1.95. The second-order valence-electron chi connectivity index (χ2n) is 4.07. The van der Waals surface area contributed by atoms with E-state index >= 15 is 0 Å². The van der Waals surface area contributed by atoms with Gasteiger partial charge in [0.2, 0.25) is 10.0 Å². The molecule has 1 saturated heterocycles. The largest absolute Gasteiger partial charge is 0.478 e. The highest BCUT2D eigenvalue weighted by molar-refractivity contribution is 7.93. The molecule has 1 aliphatic rings. The molecule has 1 N–H and O–H groups in total. The first-order valence-corrected chi connectivity index (χ1v) is 6.87. The van der Waals surface area contributed by atoms with Crippen LogP contribution in [0.5, 0.6) is 0 Å². The third-order valence-electron chi connectivity index (χ3n) is 2.75. The number of hydrogen-bond donors (Lipinski definition) is 1. The quantitative estimate of drug-likeness (QED) is 0.862. The molecule has 1 aromatic carbocycles. The van der Waals surface area contributed by atoms with Gasteiger partial charge in [-0.1, -0.05) is 11.6 Å². The minimum Gasteiger partial charge on any atom is -0.478 e. The molecule has 0 aliphatic carbocycles. The van der Waals surface area contributed by atoms with E-state index in [9.17, 15) is 13.2 Å². The van der Waals surface area contributed by atoms with E-state index in [2.05, 4.69) is 0 Å². The zero-order chi connectivity index (χ0) is 12.6. The van der Waals surface area contributed by atoms with Gasteiger partial charge >= 0.3 is 5.97 Å². The topological polar surface area (TPSA) is 74.7 Å². The number of sulfonamides is 1. The highest BCUT2D eigenvalue weighted by Gasteiger charge is 2.31. The normalized spacial score (nSPS) is 18.3. The van der Waals surface area contributed by atoms with Crippen molar-refractivity contribution in [2.75, 3.05) is 16.6 Å². The van der Waals surface area contributed by atoms with Crippen molar-refractivity contribution in [2.24, 2.45) is 0 Å². The van der Waals surface area contributed by atoms with E-state index in [0.717, 1.165) is 5.56 Å². The standard InChI is InChI=1S/C11H13NO4S/c1-8-3-4-10(9(7-8)11(13)14)12-5-2-6-17(12,15)16/h3-4,7H,2,5-6H2,1H3,(H,13,14). The summed E-state index contributed by atoms with van der Waals surface area (Å²) in [5.74, 6) is -1.02. The first-order valence-electron chi connectivity index (χ1n) is 5.26. The number of carbonyl (C=O) groups is 1. The Morgan fingerprint density at radius 3 is 2.65 bits per heavy atom. The molecule has 0 amide bonds. The monoisotopic (exact) mass is 255 g/mol. The van der Waals surface area contributed by atoms with Gasteiger partial charge in [-0.2, -0.15) is 0 Å². The van der Waals surface area contributed by atoms with E-state index in [-0.39, 0.29) is 17.0 Å². The van der Waals surface area contributed by atoms with Crippen LogP contribution in [0, 0.1) is 6.92 Å². The number of benzene rings is 1. The van der Waals surface area contributed by atoms with Crippen LogP contribution in [0.4, 0.5) is 5.69 Å². The lowest BCUT2D eigenvalue weighted by Gasteiger charge is -2.19. The molecular weight excluding hydrogens is 242 g/mol. The summed E-state index contributed by atoms with van der Waals surface area (Å²) < 4.78 is 24.7. The van der Waals surface area contributed by atoms with Gasteiger partial charge in [0.15, 0.2) is 0 Å². The van der Waals surface area contributed by atoms with Gasteiger partial charge in [0.05, 0.1) is 17.0 Å². The van der Waals surface area contributed by atoms with Crippen molar-refractivity contribution in [3.63, 3.8) is 0 Å². The summed E-state index contributed by atoms with van der Waals surface area (Å²) in [6, 6.07) is 4.77. The number of hydrogen-bond acceptors (Lipinski definition) is 3. The average Bonchev–Trinajstić information content (AvgIpc) is 2.58. The minimum absolute atomic E-state index is 0.0375. The van der Waals surface area contributed by atoms with Gasteiger partial charge in [-0.05, 0) is 25.5 Å². The SMILES string of the molecule is Cc1ccc(N2CCCS2(=O)=O)c(C(=O)O)c1. The van der Waals surface area contributed by atoms with Crippen molar-refractivity contribution in [3.8, 4) is 0 Å². The van der Waals surface area contributed by atoms with Crippen LogP contribution in [0.2, 0.25) is 0 Å². The van der Waals surface area contributed by atoms with E-state index in [1.54, 1.807) is 19.1 Å². The van der Waals surface area contributed by atoms with Crippen molar-refractivity contribution in [2.45, 2.75) is 13.3 Å². The summed E-state index contributed by atoms with van der Waals surface area (Å²) in [6.45, 7) is 2.13. The van der Waals surface area contributed by atoms with Crippen LogP contribution in [-0.4, -0.2) is 31.8 Å². The van der Waals surface area contributed by atoms with Crippen LogP contribution in [-0.2, 0) is 10.0 Å². The van der Waals surface area contributed by atoms with E-state index in [1.165, 1.54) is 10.4 Å². The molecule has 2 rings (SSSR count). The van der Waals surface area contributed by atoms with Crippen LogP contribution < -0.4 is 4.31 Å². The molecular formula is C11H13NO4S. The van der Waals surface area contributed by atoms with E-state index in [4.69, 9.17) is 5.11 Å². The molecule has 6 heteroatoms. The molecule has 1 fully saturated rings. The third-order valence-corrected chi connectivity index (χ3v) is 4.61. The highest BCUT2D eigenvalue weighted by Crippen LogP contribution is 2.28. The van der Waals surface area contributed by atoms with Gasteiger partial charge in [0, 0.05) is 6.54 Å². The Morgan fingerprint density at radius 2 is 2.12 bits per heavy atom. The zero-order valence-electron chi connectivity index (χ0n) is 9.38. The van der Waals surface area contributed by atoms with Crippen molar-refractivity contribution in [1.82, 2.24) is 0 Å². The molecule has 5 nitrogen and oxygen atoms in total. The summed E-state index contributed by atoms with van der Waals surface area (Å²) in [7, 11) is -3.34. The molecule has 92 valence electrons. The molecule has 0 saturated carbocycles. The Labute approximate surface area is 99.7 Å². The van der Waals surface area contributed by atoms with Crippen molar-refractivity contribution in [3.05, 3.63) is 29.3 Å². The molecule has 0 spiro atoms. The Bertz CT molecular complexity index is 565. The van der Waals surface area contributed by atoms with Gasteiger partial charge in [0.1, 0.15) is 0 Å². The highest BCUT2D eigenvalue weighted by atomic mass is 32.2. The first-order chi connectivity index (χ1) is 7.92. The van der Waals surface area contributed by atoms with Gasteiger partial charge in [-0.15, -0.1) is 0 Å². The average molecular weight is 255 g/mol. The van der Waals surface area contributed by atoms with Crippen molar-refractivity contribution >= 4 is 21.7 Å². The molecule has 0 atom stereocenters. The minimum atomic E-state index is -3.34. The summed E-state index contributed by atoms with van der Waals surface area (Å²) in [5.41, 5.74) is 1.10. The Hall–Kier alpha value is -1.56. The first kappa shape index (κ1) is 11.9. The summed E-state index contributed by atoms with van der Waals surface area (Å²) in [5, 5.41) is 9.10. The maximum Gasteiger partial charge on any atom is 0.337 e. The predicted octanol–water partition coefficient (Wildman–Crippen LogP) is 1.23. The van der Waals surface area contributed by atoms with E-state index in [0.29, 0.717) is 13.0 Å². The smallest absolute Gasteiger partial charge is 0.337 e. The van der Waals surface area contributed by atoms with Gasteiger partial charge < -0.3 is 5.11 Å². The summed E-state index contributed by atoms with van der Waals surface area (Å²) >= 11 is 0. The van der Waals surface area contributed by atoms with Crippen LogP contribution in [0.3, 0.4) is 0 Å². The Balaban J connectivity index is 2.56. The van der Waals surface area contributed by atoms with Crippen molar-refractivity contribution < 1.29 is 18.3 Å². The van der Waals surface area contributed by atoms with Gasteiger partial charge in [0.25, 0.3) is 0 Å². The Kier molecular flexibility index (Phi) is 2.82. The predicted molar refractivity (Wildman–Crippen MR) is 63.9 cm³/mol. The lowest BCUT2D eigenvalue weighted by atomic mass is 10.1. The molecule has 17 heavy (non-hydrogen) atoms. The van der Waals surface area contributed by atoms with Crippen LogP contribution >= 0.6 is 0 Å².